The Balaban J connectivity index is 1.43. The van der Waals surface area contributed by atoms with Crippen LogP contribution >= 0.6 is 0 Å². The molecule has 2 aliphatic rings. The van der Waals surface area contributed by atoms with Crippen molar-refractivity contribution in [1.82, 2.24) is 9.80 Å². The quantitative estimate of drug-likeness (QED) is 0.172. The summed E-state index contributed by atoms with van der Waals surface area (Å²) in [5, 5.41) is 6.17. The number of piperidine rings is 1. The molecule has 0 radical (unpaired) electrons. The fourth-order valence-electron chi connectivity index (χ4n) is 6.78. The summed E-state index contributed by atoms with van der Waals surface area (Å²) in [5.41, 5.74) is 0.552. The number of likely N-dealkylation sites (N-methyl/N-ethyl adjacent to an activating group) is 1. The number of benzene rings is 3. The molecule has 5 rings (SSSR count). The summed E-state index contributed by atoms with van der Waals surface area (Å²) in [6, 6.07) is 14.8. The van der Waals surface area contributed by atoms with Crippen molar-refractivity contribution < 1.29 is 36.7 Å². The average Bonchev–Trinajstić information content (AvgIpc) is 3.56. The van der Waals surface area contributed by atoms with E-state index in [1.165, 1.54) is 46.9 Å². The number of nitrogens with one attached hydrogen (secondary N) is 2. The zero-order valence-corrected chi connectivity index (χ0v) is 27.9. The van der Waals surface area contributed by atoms with Crippen LogP contribution in [0.2, 0.25) is 0 Å². The molecule has 262 valence electrons. The predicted octanol–water partition coefficient (Wildman–Crippen LogP) is 7.34. The minimum absolute atomic E-state index is 0.0789. The van der Waals surface area contributed by atoms with Crippen molar-refractivity contribution in [3.63, 3.8) is 0 Å². The second kappa shape index (κ2) is 15.4. The number of carbonyl (C=O) groups is 3. The lowest BCUT2D eigenvalue weighted by Gasteiger charge is -2.41. The molecule has 1 aliphatic heterocycles. The van der Waals surface area contributed by atoms with Gasteiger partial charge in [-0.3, -0.25) is 19.3 Å². The van der Waals surface area contributed by atoms with E-state index in [-0.39, 0.29) is 29.9 Å². The number of esters is 1. The van der Waals surface area contributed by atoms with Crippen LogP contribution in [0.1, 0.15) is 77.2 Å². The van der Waals surface area contributed by atoms with E-state index in [2.05, 4.69) is 10.6 Å². The minimum atomic E-state index is -4.79. The van der Waals surface area contributed by atoms with E-state index in [0.717, 1.165) is 24.6 Å². The van der Waals surface area contributed by atoms with Crippen molar-refractivity contribution in [2.75, 3.05) is 37.8 Å². The van der Waals surface area contributed by atoms with Crippen LogP contribution in [0.15, 0.2) is 60.7 Å². The highest BCUT2D eigenvalue weighted by atomic mass is 19.4. The van der Waals surface area contributed by atoms with Crippen molar-refractivity contribution in [3.8, 4) is 0 Å². The average molecular weight is 683 g/mol. The number of amides is 2. The van der Waals surface area contributed by atoms with E-state index >= 15 is 4.39 Å². The van der Waals surface area contributed by atoms with Crippen LogP contribution in [0, 0.1) is 18.7 Å². The summed E-state index contributed by atoms with van der Waals surface area (Å²) >= 11 is 0. The molecule has 0 aromatic heterocycles. The summed E-state index contributed by atoms with van der Waals surface area (Å²) in [5.74, 6) is -3.32. The maximum Gasteiger partial charge on any atom is 0.416 e. The Hall–Kier alpha value is -4.45. The Morgan fingerprint density at radius 1 is 0.939 bits per heavy atom. The van der Waals surface area contributed by atoms with Gasteiger partial charge in [0.05, 0.1) is 29.6 Å². The molecule has 2 fully saturated rings. The van der Waals surface area contributed by atoms with Crippen LogP contribution in [0.4, 0.5) is 28.9 Å². The van der Waals surface area contributed by atoms with Crippen molar-refractivity contribution in [2.45, 2.75) is 70.3 Å². The lowest BCUT2D eigenvalue weighted by molar-refractivity contribution is -0.148. The van der Waals surface area contributed by atoms with Crippen LogP contribution in [0.25, 0.3) is 0 Å². The highest BCUT2D eigenvalue weighted by Gasteiger charge is 2.41. The molecule has 49 heavy (non-hydrogen) atoms. The Labute approximate surface area is 283 Å². The van der Waals surface area contributed by atoms with Gasteiger partial charge >= 0.3 is 12.1 Å². The molecule has 0 spiro atoms. The van der Waals surface area contributed by atoms with Gasteiger partial charge in [0.2, 0.25) is 5.91 Å². The van der Waals surface area contributed by atoms with Crippen LogP contribution < -0.4 is 10.6 Å². The largest absolute Gasteiger partial charge is 0.460 e. The van der Waals surface area contributed by atoms with Crippen LogP contribution in [0.5, 0.6) is 0 Å². The summed E-state index contributed by atoms with van der Waals surface area (Å²) < 4.78 is 62.5. The Bertz CT molecular complexity index is 1630. The van der Waals surface area contributed by atoms with E-state index in [4.69, 9.17) is 4.74 Å². The first-order chi connectivity index (χ1) is 23.3. The number of carbonyl (C=O) groups excluding carboxylic acids is 3. The molecule has 0 unspecified atom stereocenters. The van der Waals surface area contributed by atoms with Gasteiger partial charge in [-0.15, -0.1) is 0 Å². The van der Waals surface area contributed by atoms with Gasteiger partial charge in [0, 0.05) is 29.5 Å². The van der Waals surface area contributed by atoms with Crippen molar-refractivity contribution in [1.29, 1.82) is 0 Å². The van der Waals surface area contributed by atoms with Gasteiger partial charge in [0.25, 0.3) is 5.91 Å². The number of likely N-dealkylation sites (tertiary alicyclic amines) is 1. The maximum atomic E-state index is 15.0. The lowest BCUT2D eigenvalue weighted by atomic mass is 9.83. The Morgan fingerprint density at radius 3 is 2.29 bits per heavy atom. The lowest BCUT2D eigenvalue weighted by Crippen LogP contribution is -2.46. The third-order valence-corrected chi connectivity index (χ3v) is 9.16. The van der Waals surface area contributed by atoms with Crippen LogP contribution in [-0.2, 0) is 27.1 Å². The van der Waals surface area contributed by atoms with Crippen LogP contribution in [-0.4, -0.2) is 60.8 Å². The molecule has 1 aliphatic carbocycles. The smallest absolute Gasteiger partial charge is 0.416 e. The van der Waals surface area contributed by atoms with Crippen molar-refractivity contribution >= 4 is 29.2 Å². The van der Waals surface area contributed by atoms with E-state index in [1.807, 2.05) is 24.3 Å². The number of nitrogens with zero attached hydrogens (tertiary/aromatic N) is 2. The molecule has 2 amide bonds. The first-order valence-electron chi connectivity index (χ1n) is 16.6. The van der Waals surface area contributed by atoms with Crippen molar-refractivity contribution in [3.05, 3.63) is 94.3 Å². The molecule has 0 bridgehead atoms. The van der Waals surface area contributed by atoms with Gasteiger partial charge in [0.1, 0.15) is 12.4 Å². The monoisotopic (exact) mass is 682 g/mol. The van der Waals surface area contributed by atoms with E-state index in [0.29, 0.717) is 30.0 Å². The molecule has 12 heteroatoms. The number of aryl methyl sites for hydroxylation is 1. The first kappa shape index (κ1) is 35.8. The second-order valence-electron chi connectivity index (χ2n) is 13.1. The molecular weight excluding hydrogens is 640 g/mol. The molecule has 2 N–H and O–H groups in total. The van der Waals surface area contributed by atoms with Crippen LogP contribution in [0.3, 0.4) is 0 Å². The topological polar surface area (TPSA) is 91.0 Å². The molecule has 8 nitrogen and oxygen atoms in total. The fraction of sp³-hybridized carbons (Fsp3) is 0.432. The maximum absolute atomic E-state index is 15.0. The summed E-state index contributed by atoms with van der Waals surface area (Å²) in [6.45, 7) is 1.24. The zero-order chi connectivity index (χ0) is 35.3. The zero-order valence-electron chi connectivity index (χ0n) is 27.9. The second-order valence-corrected chi connectivity index (χ2v) is 13.1. The normalized spacial score (nSPS) is 18.4. The molecule has 1 saturated carbocycles. The molecule has 1 heterocycles. The van der Waals surface area contributed by atoms with Gasteiger partial charge in [-0.05, 0) is 88.2 Å². The van der Waals surface area contributed by atoms with Gasteiger partial charge in [-0.1, -0.05) is 43.2 Å². The number of halogens is 4. The molecule has 1 saturated heterocycles. The Morgan fingerprint density at radius 2 is 1.63 bits per heavy atom. The fourth-order valence-corrected chi connectivity index (χ4v) is 6.78. The number of rotatable bonds is 10. The third kappa shape index (κ3) is 8.78. The van der Waals surface area contributed by atoms with Gasteiger partial charge in [0.15, 0.2) is 0 Å². The highest BCUT2D eigenvalue weighted by molar-refractivity contribution is 5.98. The molecule has 3 aromatic carbocycles. The number of anilines is 2. The molecule has 2 atom stereocenters. The molecular formula is C37H42F4N4O4. The summed E-state index contributed by atoms with van der Waals surface area (Å²) in [7, 11) is 3.27. The number of ether oxygens (including phenoxy) is 1. The van der Waals surface area contributed by atoms with Gasteiger partial charge in [-0.25, -0.2) is 4.39 Å². The number of alkyl halides is 3. The minimum Gasteiger partial charge on any atom is -0.460 e. The SMILES string of the molecule is Cc1cccc(F)c1C(=O)N1CCC[C@H](C(=O)Nc2ccc(COC(=O)CN(C)C)c(C(F)(F)F)c2)[C@@H]1c1ccc(NC2CCCC2)cc1. The highest BCUT2D eigenvalue weighted by Crippen LogP contribution is 2.40. The standard InChI is InChI=1S/C37H42F4N4O4/c1-23-8-6-12-31(38)33(23)36(48)45-19-7-11-29(34(45)24-13-16-27(17-14-24)42-26-9-4-5-10-26)35(47)43-28-18-15-25(30(20-28)37(39,40)41)22-49-32(46)21-44(2)3/h6,8,12-18,20,26,29,34,42H,4-5,7,9-11,19,21-22H2,1-3H3,(H,43,47)/t29-,34-/m0/s1. The summed E-state index contributed by atoms with van der Waals surface area (Å²) in [4.78, 5) is 43.0. The summed E-state index contributed by atoms with van der Waals surface area (Å²) in [6.07, 6.45) is 0.486. The van der Waals surface area contributed by atoms with E-state index in [1.54, 1.807) is 27.1 Å². The van der Waals surface area contributed by atoms with Gasteiger partial charge < -0.3 is 20.3 Å². The Kier molecular flexibility index (Phi) is 11.3. The number of hydrogen-bond donors (Lipinski definition) is 2. The van der Waals surface area contributed by atoms with E-state index in [9.17, 15) is 27.6 Å². The van der Waals surface area contributed by atoms with Crippen molar-refractivity contribution in [2.24, 2.45) is 5.92 Å². The third-order valence-electron chi connectivity index (χ3n) is 9.16. The molecule has 3 aromatic rings. The predicted molar refractivity (Wildman–Crippen MR) is 178 cm³/mol. The van der Waals surface area contributed by atoms with E-state index < -0.39 is 53.9 Å². The number of hydrogen-bond acceptors (Lipinski definition) is 6. The first-order valence-corrected chi connectivity index (χ1v) is 16.6. The van der Waals surface area contributed by atoms with Gasteiger partial charge in [-0.2, -0.15) is 13.2 Å².